The molecule has 1 aromatic rings. The number of phenols is 1. The lowest BCUT2D eigenvalue weighted by Gasteiger charge is -2.07. The average Bonchev–Trinajstić information content (AvgIpc) is 2.09. The second-order valence-electron chi connectivity index (χ2n) is 2.61. The molecule has 0 atom stereocenters. The molecule has 0 saturated heterocycles. The molecule has 0 fully saturated rings. The third-order valence-electron chi connectivity index (χ3n) is 1.52. The Balaban J connectivity index is 2.56. The Morgan fingerprint density at radius 2 is 2.23 bits per heavy atom. The van der Waals surface area contributed by atoms with Gasteiger partial charge in [0.25, 0.3) is 0 Å². The van der Waals surface area contributed by atoms with Crippen LogP contribution in [0, 0.1) is 0 Å². The van der Waals surface area contributed by atoms with Gasteiger partial charge in [0.2, 0.25) is 0 Å². The van der Waals surface area contributed by atoms with Crippen molar-refractivity contribution in [1.82, 2.24) is 0 Å². The van der Waals surface area contributed by atoms with Crippen molar-refractivity contribution >= 4 is 15.9 Å². The van der Waals surface area contributed by atoms with Gasteiger partial charge < -0.3 is 15.6 Å². The molecule has 3 nitrogen and oxygen atoms in total. The molecule has 72 valence electrons. The van der Waals surface area contributed by atoms with E-state index in [-0.39, 0.29) is 5.75 Å². The minimum Gasteiger partial charge on any atom is -0.508 e. The quantitative estimate of drug-likeness (QED) is 0.797. The molecule has 0 aliphatic carbocycles. The van der Waals surface area contributed by atoms with E-state index >= 15 is 0 Å². The Hall–Kier alpha value is -0.740. The summed E-state index contributed by atoms with van der Waals surface area (Å²) in [6.07, 6.45) is 0.827. The van der Waals surface area contributed by atoms with Gasteiger partial charge in [0.05, 0.1) is 11.1 Å². The van der Waals surface area contributed by atoms with E-state index in [1.165, 1.54) is 0 Å². The summed E-state index contributed by atoms with van der Waals surface area (Å²) >= 11 is 3.28. The molecule has 0 aliphatic heterocycles. The standard InChI is InChI=1S/C9H12BrNO2/c10-8-6-7(12)2-3-9(8)13-5-1-4-11/h2-3,6,12H,1,4-5,11H2. The largest absolute Gasteiger partial charge is 0.508 e. The molecule has 0 unspecified atom stereocenters. The zero-order chi connectivity index (χ0) is 9.68. The zero-order valence-corrected chi connectivity index (χ0v) is 8.75. The van der Waals surface area contributed by atoms with Gasteiger partial charge in [-0.2, -0.15) is 0 Å². The third-order valence-corrected chi connectivity index (χ3v) is 2.14. The second kappa shape index (κ2) is 5.09. The maximum absolute atomic E-state index is 9.10. The summed E-state index contributed by atoms with van der Waals surface area (Å²) in [6, 6.07) is 4.90. The van der Waals surface area contributed by atoms with Crippen LogP contribution in [0.4, 0.5) is 0 Å². The van der Waals surface area contributed by atoms with Crippen molar-refractivity contribution in [2.75, 3.05) is 13.2 Å². The summed E-state index contributed by atoms with van der Waals surface area (Å²) in [5.74, 6) is 0.948. The van der Waals surface area contributed by atoms with Crippen molar-refractivity contribution in [1.29, 1.82) is 0 Å². The highest BCUT2D eigenvalue weighted by atomic mass is 79.9. The SMILES string of the molecule is NCCCOc1ccc(O)cc1Br. The highest BCUT2D eigenvalue weighted by molar-refractivity contribution is 9.10. The van der Waals surface area contributed by atoms with E-state index in [0.29, 0.717) is 13.2 Å². The first kappa shape index (κ1) is 10.3. The molecule has 0 aliphatic rings. The summed E-state index contributed by atoms with van der Waals surface area (Å²) in [6.45, 7) is 1.22. The van der Waals surface area contributed by atoms with Crippen LogP contribution in [0.5, 0.6) is 11.5 Å². The summed E-state index contributed by atoms with van der Waals surface area (Å²) in [7, 11) is 0. The van der Waals surface area contributed by atoms with Crippen molar-refractivity contribution in [3.05, 3.63) is 22.7 Å². The Morgan fingerprint density at radius 3 is 2.85 bits per heavy atom. The summed E-state index contributed by atoms with van der Waals surface area (Å²) in [4.78, 5) is 0. The van der Waals surface area contributed by atoms with Crippen LogP contribution in [0.3, 0.4) is 0 Å². The molecule has 0 aromatic heterocycles. The van der Waals surface area contributed by atoms with Gasteiger partial charge in [-0.25, -0.2) is 0 Å². The predicted molar refractivity (Wildman–Crippen MR) is 55.0 cm³/mol. The molecule has 0 heterocycles. The van der Waals surface area contributed by atoms with E-state index in [4.69, 9.17) is 15.6 Å². The maximum Gasteiger partial charge on any atom is 0.133 e. The maximum atomic E-state index is 9.10. The summed E-state index contributed by atoms with van der Waals surface area (Å²) in [5.41, 5.74) is 5.32. The van der Waals surface area contributed by atoms with Crippen LogP contribution in [0.1, 0.15) is 6.42 Å². The van der Waals surface area contributed by atoms with Gasteiger partial charge in [-0.05, 0) is 47.1 Å². The number of halogens is 1. The molecule has 0 radical (unpaired) electrons. The fraction of sp³-hybridized carbons (Fsp3) is 0.333. The minimum absolute atomic E-state index is 0.220. The molecule has 0 spiro atoms. The monoisotopic (exact) mass is 245 g/mol. The highest BCUT2D eigenvalue weighted by Gasteiger charge is 2.00. The van der Waals surface area contributed by atoms with Gasteiger partial charge in [0.15, 0.2) is 0 Å². The number of ether oxygens (including phenoxy) is 1. The zero-order valence-electron chi connectivity index (χ0n) is 7.16. The number of hydrogen-bond acceptors (Lipinski definition) is 3. The number of phenolic OH excluding ortho intramolecular Hbond substituents is 1. The normalized spacial score (nSPS) is 10.0. The topological polar surface area (TPSA) is 55.5 Å². The van der Waals surface area contributed by atoms with Crippen LogP contribution < -0.4 is 10.5 Å². The van der Waals surface area contributed by atoms with Gasteiger partial charge in [0.1, 0.15) is 11.5 Å². The van der Waals surface area contributed by atoms with Crippen molar-refractivity contribution in [3.63, 3.8) is 0 Å². The lowest BCUT2D eigenvalue weighted by atomic mass is 10.3. The van der Waals surface area contributed by atoms with Crippen molar-refractivity contribution in [3.8, 4) is 11.5 Å². The Morgan fingerprint density at radius 1 is 1.46 bits per heavy atom. The fourth-order valence-electron chi connectivity index (χ4n) is 0.872. The first-order valence-corrected chi connectivity index (χ1v) is 4.84. The highest BCUT2D eigenvalue weighted by Crippen LogP contribution is 2.28. The Bertz CT molecular complexity index is 278. The molecule has 0 saturated carbocycles. The minimum atomic E-state index is 0.220. The van der Waals surface area contributed by atoms with Gasteiger partial charge in [0, 0.05) is 0 Å². The van der Waals surface area contributed by atoms with Gasteiger partial charge in [-0.1, -0.05) is 0 Å². The predicted octanol–water partition coefficient (Wildman–Crippen LogP) is 1.88. The molecule has 13 heavy (non-hydrogen) atoms. The lowest BCUT2D eigenvalue weighted by Crippen LogP contribution is -2.06. The molecular formula is C9H12BrNO2. The van der Waals surface area contributed by atoms with Gasteiger partial charge >= 0.3 is 0 Å². The molecule has 3 N–H and O–H groups in total. The van der Waals surface area contributed by atoms with Crippen LogP contribution in [0.2, 0.25) is 0 Å². The lowest BCUT2D eigenvalue weighted by molar-refractivity contribution is 0.311. The van der Waals surface area contributed by atoms with E-state index < -0.39 is 0 Å². The van der Waals surface area contributed by atoms with Gasteiger partial charge in [-0.15, -0.1) is 0 Å². The van der Waals surface area contributed by atoms with Crippen molar-refractivity contribution in [2.45, 2.75) is 6.42 Å². The second-order valence-corrected chi connectivity index (χ2v) is 3.46. The number of benzene rings is 1. The van der Waals surface area contributed by atoms with Crippen molar-refractivity contribution in [2.24, 2.45) is 5.73 Å². The van der Waals surface area contributed by atoms with Gasteiger partial charge in [-0.3, -0.25) is 0 Å². The first-order chi connectivity index (χ1) is 6.24. The molecule has 0 amide bonds. The third kappa shape index (κ3) is 3.24. The number of aromatic hydroxyl groups is 1. The van der Waals surface area contributed by atoms with Crippen LogP contribution >= 0.6 is 15.9 Å². The summed E-state index contributed by atoms with van der Waals surface area (Å²) in [5, 5.41) is 9.10. The van der Waals surface area contributed by atoms with Crippen LogP contribution in [0.15, 0.2) is 22.7 Å². The fourth-order valence-corrected chi connectivity index (χ4v) is 1.35. The van der Waals surface area contributed by atoms with E-state index in [2.05, 4.69) is 15.9 Å². The van der Waals surface area contributed by atoms with E-state index in [9.17, 15) is 0 Å². The van der Waals surface area contributed by atoms with E-state index in [1.54, 1.807) is 18.2 Å². The van der Waals surface area contributed by atoms with E-state index in [1.807, 2.05) is 0 Å². The average molecular weight is 246 g/mol. The van der Waals surface area contributed by atoms with Crippen LogP contribution in [-0.2, 0) is 0 Å². The summed E-state index contributed by atoms with van der Waals surface area (Å²) < 4.78 is 6.15. The number of nitrogens with two attached hydrogens (primary N) is 1. The molecule has 1 rings (SSSR count). The number of hydrogen-bond donors (Lipinski definition) is 2. The molecule has 4 heteroatoms. The number of rotatable bonds is 4. The molecule has 1 aromatic carbocycles. The van der Waals surface area contributed by atoms with E-state index in [0.717, 1.165) is 16.6 Å². The first-order valence-electron chi connectivity index (χ1n) is 4.05. The molecular weight excluding hydrogens is 234 g/mol. The van der Waals surface area contributed by atoms with Crippen LogP contribution in [0.25, 0.3) is 0 Å². The van der Waals surface area contributed by atoms with Crippen LogP contribution in [-0.4, -0.2) is 18.3 Å². The molecule has 0 bridgehead atoms. The smallest absolute Gasteiger partial charge is 0.133 e. The van der Waals surface area contributed by atoms with Crippen molar-refractivity contribution < 1.29 is 9.84 Å². The Kier molecular flexibility index (Phi) is 4.05. The Labute approximate surface area is 85.6 Å².